The van der Waals surface area contributed by atoms with E-state index in [4.69, 9.17) is 19.9 Å². The first-order valence-electron chi connectivity index (χ1n) is 11.4. The summed E-state index contributed by atoms with van der Waals surface area (Å²) in [6, 6.07) is -1.91. The van der Waals surface area contributed by atoms with E-state index >= 15 is 0 Å². The van der Waals surface area contributed by atoms with Gasteiger partial charge < -0.3 is 25.3 Å². The molecule has 0 rings (SSSR count). The van der Waals surface area contributed by atoms with Gasteiger partial charge in [-0.2, -0.15) is 0 Å². The Morgan fingerprint density at radius 2 is 1.44 bits per heavy atom. The van der Waals surface area contributed by atoms with Crippen molar-refractivity contribution >= 4 is 23.8 Å². The van der Waals surface area contributed by atoms with Crippen molar-refractivity contribution in [1.82, 2.24) is 5.32 Å². The standard InChI is InChI=1S/C23H42N2O7/c1-9-10-11-30-23(29)19(15(6)7)32-21(27)16(8)25-20(26)17(12-13(2)3)31-22(28)18(24)14(4)5/h13-19H,9-12,24H2,1-8H3,(H,25,26)/t16-,17-,18+,19+/m1/s1. The van der Waals surface area contributed by atoms with E-state index in [0.29, 0.717) is 6.42 Å². The van der Waals surface area contributed by atoms with Crippen molar-refractivity contribution in [3.05, 3.63) is 0 Å². The van der Waals surface area contributed by atoms with Gasteiger partial charge >= 0.3 is 17.9 Å². The van der Waals surface area contributed by atoms with E-state index in [-0.39, 0.29) is 30.8 Å². The molecule has 0 saturated heterocycles. The molecule has 0 aromatic carbocycles. The van der Waals surface area contributed by atoms with Gasteiger partial charge in [-0.1, -0.05) is 54.9 Å². The Kier molecular flexibility index (Phi) is 13.8. The van der Waals surface area contributed by atoms with E-state index in [2.05, 4.69) is 5.32 Å². The Morgan fingerprint density at radius 1 is 0.844 bits per heavy atom. The lowest BCUT2D eigenvalue weighted by molar-refractivity contribution is -0.172. The van der Waals surface area contributed by atoms with Crippen molar-refractivity contribution in [3.8, 4) is 0 Å². The highest BCUT2D eigenvalue weighted by Crippen LogP contribution is 2.13. The molecule has 0 aliphatic heterocycles. The summed E-state index contributed by atoms with van der Waals surface area (Å²) in [6.45, 7) is 14.4. The van der Waals surface area contributed by atoms with E-state index in [1.165, 1.54) is 6.92 Å². The van der Waals surface area contributed by atoms with Crippen molar-refractivity contribution in [3.63, 3.8) is 0 Å². The summed E-state index contributed by atoms with van der Waals surface area (Å²) in [5.74, 6) is -3.09. The number of unbranched alkanes of at least 4 members (excludes halogenated alkanes) is 1. The van der Waals surface area contributed by atoms with Gasteiger partial charge in [0.1, 0.15) is 12.1 Å². The number of ether oxygens (including phenoxy) is 3. The lowest BCUT2D eigenvalue weighted by atomic mass is 10.0. The zero-order valence-electron chi connectivity index (χ0n) is 20.8. The van der Waals surface area contributed by atoms with Crippen LogP contribution < -0.4 is 11.1 Å². The highest BCUT2D eigenvalue weighted by atomic mass is 16.6. The SMILES string of the molecule is CCCCOC(=O)[C@@H](OC(=O)[C@@H](C)NC(=O)[C@@H](CC(C)C)OC(=O)[C@@H](N)C(C)C)C(C)C. The predicted molar refractivity (Wildman–Crippen MR) is 120 cm³/mol. The minimum Gasteiger partial charge on any atom is -0.463 e. The van der Waals surface area contributed by atoms with Gasteiger partial charge in [-0.25, -0.2) is 9.59 Å². The summed E-state index contributed by atoms with van der Waals surface area (Å²) in [5.41, 5.74) is 5.82. The number of carbonyl (C=O) groups excluding carboxylic acids is 4. The molecule has 0 unspecified atom stereocenters. The molecule has 0 aliphatic rings. The second-order valence-electron chi connectivity index (χ2n) is 9.18. The van der Waals surface area contributed by atoms with E-state index in [1.54, 1.807) is 27.7 Å². The zero-order valence-corrected chi connectivity index (χ0v) is 20.8. The number of hydrogen-bond acceptors (Lipinski definition) is 8. The Morgan fingerprint density at radius 3 is 1.91 bits per heavy atom. The Balaban J connectivity index is 5.11. The minimum absolute atomic E-state index is 0.0549. The molecule has 9 heteroatoms. The summed E-state index contributed by atoms with van der Waals surface area (Å²) < 4.78 is 15.8. The number of amides is 1. The Bertz CT molecular complexity index is 619. The average Bonchev–Trinajstić information content (AvgIpc) is 2.69. The van der Waals surface area contributed by atoms with Gasteiger partial charge in [-0.05, 0) is 31.6 Å². The van der Waals surface area contributed by atoms with Crippen LogP contribution in [0.5, 0.6) is 0 Å². The molecule has 0 radical (unpaired) electrons. The van der Waals surface area contributed by atoms with E-state index in [9.17, 15) is 19.2 Å². The third kappa shape index (κ3) is 10.9. The molecule has 1 amide bonds. The van der Waals surface area contributed by atoms with E-state index in [1.807, 2.05) is 20.8 Å². The third-order valence-corrected chi connectivity index (χ3v) is 4.76. The van der Waals surface area contributed by atoms with Crippen molar-refractivity contribution in [2.75, 3.05) is 6.61 Å². The average molecular weight is 459 g/mol. The fraction of sp³-hybridized carbons (Fsp3) is 0.826. The van der Waals surface area contributed by atoms with Crippen LogP contribution >= 0.6 is 0 Å². The van der Waals surface area contributed by atoms with Gasteiger partial charge in [0.2, 0.25) is 6.10 Å². The zero-order chi connectivity index (χ0) is 25.0. The van der Waals surface area contributed by atoms with Crippen LogP contribution in [0.1, 0.15) is 74.7 Å². The highest BCUT2D eigenvalue weighted by Gasteiger charge is 2.33. The topological polar surface area (TPSA) is 134 Å². The smallest absolute Gasteiger partial charge is 0.347 e. The quantitative estimate of drug-likeness (QED) is 0.230. The van der Waals surface area contributed by atoms with Gasteiger partial charge in [-0.3, -0.25) is 9.59 Å². The number of nitrogens with two attached hydrogens (primary N) is 1. The third-order valence-electron chi connectivity index (χ3n) is 4.76. The number of carbonyl (C=O) groups is 4. The van der Waals surface area contributed by atoms with Crippen LogP contribution in [0.15, 0.2) is 0 Å². The van der Waals surface area contributed by atoms with Gasteiger partial charge in [0.25, 0.3) is 5.91 Å². The van der Waals surface area contributed by atoms with E-state index < -0.39 is 48.1 Å². The lowest BCUT2D eigenvalue weighted by Crippen LogP contribution is -2.49. The van der Waals surface area contributed by atoms with Crippen molar-refractivity contribution in [2.24, 2.45) is 23.5 Å². The summed E-state index contributed by atoms with van der Waals surface area (Å²) in [4.78, 5) is 49.7. The van der Waals surface area contributed by atoms with Crippen molar-refractivity contribution in [2.45, 2.75) is 98.9 Å². The molecule has 0 heterocycles. The first-order chi connectivity index (χ1) is 14.8. The first kappa shape index (κ1) is 29.8. The predicted octanol–water partition coefficient (Wildman–Crippen LogP) is 2.34. The second-order valence-corrected chi connectivity index (χ2v) is 9.18. The number of esters is 3. The number of rotatable bonds is 14. The van der Waals surface area contributed by atoms with Crippen LogP contribution in [-0.4, -0.2) is 54.7 Å². The molecular formula is C23H42N2O7. The lowest BCUT2D eigenvalue weighted by Gasteiger charge is -2.25. The molecule has 186 valence electrons. The summed E-state index contributed by atoms with van der Waals surface area (Å²) >= 11 is 0. The Labute approximate surface area is 192 Å². The maximum Gasteiger partial charge on any atom is 0.347 e. The molecule has 0 bridgehead atoms. The normalized spacial score (nSPS) is 15.1. The Hall–Kier alpha value is -2.16. The number of nitrogens with one attached hydrogen (secondary N) is 1. The summed E-state index contributed by atoms with van der Waals surface area (Å²) in [5, 5.41) is 2.51. The van der Waals surface area contributed by atoms with Crippen LogP contribution in [0.3, 0.4) is 0 Å². The largest absolute Gasteiger partial charge is 0.463 e. The molecule has 0 aromatic heterocycles. The van der Waals surface area contributed by atoms with Crippen LogP contribution in [0.4, 0.5) is 0 Å². The maximum absolute atomic E-state index is 12.7. The van der Waals surface area contributed by atoms with Crippen molar-refractivity contribution in [1.29, 1.82) is 0 Å². The monoisotopic (exact) mass is 458 g/mol. The second kappa shape index (κ2) is 14.8. The molecule has 32 heavy (non-hydrogen) atoms. The molecule has 0 spiro atoms. The molecule has 9 nitrogen and oxygen atoms in total. The summed E-state index contributed by atoms with van der Waals surface area (Å²) in [6.07, 6.45) is -0.322. The van der Waals surface area contributed by atoms with Gasteiger partial charge in [0, 0.05) is 5.92 Å². The molecule has 3 N–H and O–H groups in total. The molecule has 4 atom stereocenters. The fourth-order valence-corrected chi connectivity index (χ4v) is 2.58. The molecule has 0 aromatic rings. The van der Waals surface area contributed by atoms with Crippen LogP contribution in [0.25, 0.3) is 0 Å². The van der Waals surface area contributed by atoms with Gasteiger partial charge in [-0.15, -0.1) is 0 Å². The minimum atomic E-state index is -1.09. The first-order valence-corrected chi connectivity index (χ1v) is 11.4. The van der Waals surface area contributed by atoms with Crippen LogP contribution in [-0.2, 0) is 33.4 Å². The van der Waals surface area contributed by atoms with Crippen molar-refractivity contribution < 1.29 is 33.4 Å². The molecule has 0 fully saturated rings. The molecular weight excluding hydrogens is 416 g/mol. The fourth-order valence-electron chi connectivity index (χ4n) is 2.58. The molecule has 0 saturated carbocycles. The van der Waals surface area contributed by atoms with Gasteiger partial charge in [0.15, 0.2) is 6.10 Å². The molecule has 0 aliphatic carbocycles. The number of hydrogen-bond donors (Lipinski definition) is 2. The van der Waals surface area contributed by atoms with E-state index in [0.717, 1.165) is 6.42 Å². The highest BCUT2D eigenvalue weighted by molar-refractivity contribution is 5.89. The summed E-state index contributed by atoms with van der Waals surface area (Å²) in [7, 11) is 0. The van der Waals surface area contributed by atoms with Crippen LogP contribution in [0.2, 0.25) is 0 Å². The van der Waals surface area contributed by atoms with Gasteiger partial charge in [0.05, 0.1) is 6.61 Å². The maximum atomic E-state index is 12.7. The van der Waals surface area contributed by atoms with Crippen LogP contribution in [0, 0.1) is 17.8 Å².